The summed E-state index contributed by atoms with van der Waals surface area (Å²) in [5, 5.41) is 10.7. The van der Waals surface area contributed by atoms with Crippen LogP contribution in [0.15, 0.2) is 4.52 Å². The minimum absolute atomic E-state index is 0.00581. The Labute approximate surface area is 138 Å². The van der Waals surface area contributed by atoms with Gasteiger partial charge in [0.05, 0.1) is 0 Å². The van der Waals surface area contributed by atoms with Crippen molar-refractivity contribution in [2.24, 2.45) is 0 Å². The van der Waals surface area contributed by atoms with E-state index in [4.69, 9.17) is 19.2 Å². The van der Waals surface area contributed by atoms with Crippen LogP contribution in [0, 0.1) is 0 Å². The van der Waals surface area contributed by atoms with Gasteiger partial charge in [-0.2, -0.15) is 4.98 Å². The zero-order chi connectivity index (χ0) is 17.7. The van der Waals surface area contributed by atoms with Gasteiger partial charge in [0, 0.05) is 13.7 Å². The van der Waals surface area contributed by atoms with E-state index >= 15 is 0 Å². The van der Waals surface area contributed by atoms with Crippen molar-refractivity contribution >= 4 is 18.3 Å². The maximum Gasteiger partial charge on any atom is 0.290 e. The molecule has 10 nitrogen and oxygen atoms in total. The fourth-order valence-corrected chi connectivity index (χ4v) is 2.95. The van der Waals surface area contributed by atoms with Crippen LogP contribution in [-0.4, -0.2) is 69.1 Å². The number of carboxylic acid groups (broad SMARTS) is 1. The third-order valence-corrected chi connectivity index (χ3v) is 4.02. The quantitative estimate of drug-likeness (QED) is 0.736. The fourth-order valence-electron chi connectivity index (χ4n) is 2.95. The fraction of sp³-hybridized carbons (Fsp3) is 0.643. The molecule has 24 heavy (non-hydrogen) atoms. The van der Waals surface area contributed by atoms with E-state index in [2.05, 4.69) is 10.1 Å². The highest BCUT2D eigenvalue weighted by Gasteiger charge is 2.46. The van der Waals surface area contributed by atoms with Crippen LogP contribution in [0.1, 0.15) is 31.5 Å². The van der Waals surface area contributed by atoms with E-state index in [1.807, 2.05) is 0 Å². The third-order valence-electron chi connectivity index (χ3n) is 4.02. The number of aromatic nitrogens is 2. The molecule has 3 heterocycles. The summed E-state index contributed by atoms with van der Waals surface area (Å²) in [6.45, 7) is 2.57. The molecule has 0 aromatic carbocycles. The first kappa shape index (κ1) is 17.9. The van der Waals surface area contributed by atoms with Crippen LogP contribution in [0.5, 0.6) is 0 Å². The number of piperazine rings is 1. The SMILES string of the molecule is COCc1noc(CN2C(=O)[C@H]3CCCN3C(=O)[C@@H]2C)n1.O=CO. The minimum atomic E-state index is -0.496. The van der Waals surface area contributed by atoms with E-state index in [1.165, 1.54) is 4.90 Å². The number of nitrogens with zero attached hydrogens (tertiary/aromatic N) is 4. The summed E-state index contributed by atoms with van der Waals surface area (Å²) in [6, 6.07) is -0.820. The normalized spacial score (nSPS) is 22.9. The van der Waals surface area contributed by atoms with Crippen molar-refractivity contribution in [2.45, 2.75) is 45.0 Å². The van der Waals surface area contributed by atoms with Gasteiger partial charge in [-0.05, 0) is 19.8 Å². The van der Waals surface area contributed by atoms with Crippen LogP contribution in [0.4, 0.5) is 0 Å². The smallest absolute Gasteiger partial charge is 0.290 e. The number of carbonyl (C=O) groups excluding carboxylic acids is 2. The molecular weight excluding hydrogens is 320 g/mol. The Morgan fingerprint density at radius 2 is 2.12 bits per heavy atom. The van der Waals surface area contributed by atoms with Gasteiger partial charge in [0.1, 0.15) is 25.2 Å². The number of amides is 2. The lowest BCUT2D eigenvalue weighted by Gasteiger charge is -2.40. The van der Waals surface area contributed by atoms with Crippen LogP contribution in [0.25, 0.3) is 0 Å². The average Bonchev–Trinajstić information content (AvgIpc) is 3.20. The molecule has 2 aliphatic heterocycles. The first-order valence-electron chi connectivity index (χ1n) is 7.52. The highest BCUT2D eigenvalue weighted by atomic mass is 16.5. The van der Waals surface area contributed by atoms with E-state index < -0.39 is 6.04 Å². The summed E-state index contributed by atoms with van der Waals surface area (Å²) in [5.74, 6) is 0.708. The summed E-state index contributed by atoms with van der Waals surface area (Å²) in [6.07, 6.45) is 1.60. The molecule has 132 valence electrons. The van der Waals surface area contributed by atoms with Crippen LogP contribution in [0.3, 0.4) is 0 Å². The number of hydrogen-bond acceptors (Lipinski definition) is 7. The van der Waals surface area contributed by atoms with E-state index in [9.17, 15) is 9.59 Å². The Bertz CT molecular complexity index is 604. The molecule has 0 saturated carbocycles. The lowest BCUT2D eigenvalue weighted by molar-refractivity contribution is -0.159. The summed E-state index contributed by atoms with van der Waals surface area (Å²) in [4.78, 5) is 40.6. The standard InChI is InChI=1S/C13H18N4O4.CH2O2/c1-8-12(18)16-5-3-4-9(16)13(19)17(8)6-11-14-10(7-20-2)15-21-11;2-1-3/h8-9H,3-7H2,1-2H3;1H,(H,2,3)/t8-,9+;/m0./s1. The van der Waals surface area contributed by atoms with E-state index in [1.54, 1.807) is 18.9 Å². The number of rotatable bonds is 4. The third kappa shape index (κ3) is 3.53. The first-order valence-corrected chi connectivity index (χ1v) is 7.52. The van der Waals surface area contributed by atoms with Crippen molar-refractivity contribution in [3.63, 3.8) is 0 Å². The summed E-state index contributed by atoms with van der Waals surface area (Å²) < 4.78 is 10.0. The molecule has 10 heteroatoms. The van der Waals surface area contributed by atoms with Gasteiger partial charge < -0.3 is 24.2 Å². The molecule has 0 spiro atoms. The van der Waals surface area contributed by atoms with Crippen LogP contribution in [-0.2, 0) is 32.3 Å². The van der Waals surface area contributed by atoms with Gasteiger partial charge in [0.25, 0.3) is 6.47 Å². The van der Waals surface area contributed by atoms with Crippen molar-refractivity contribution < 1.29 is 28.8 Å². The van der Waals surface area contributed by atoms with Gasteiger partial charge in [0.2, 0.25) is 17.7 Å². The molecule has 0 radical (unpaired) electrons. The summed E-state index contributed by atoms with van der Waals surface area (Å²) in [5.41, 5.74) is 0. The molecule has 0 bridgehead atoms. The monoisotopic (exact) mass is 340 g/mol. The second-order valence-electron chi connectivity index (χ2n) is 5.47. The number of fused-ring (bicyclic) bond motifs is 1. The molecule has 2 fully saturated rings. The lowest BCUT2D eigenvalue weighted by atomic mass is 10.1. The second-order valence-corrected chi connectivity index (χ2v) is 5.47. The predicted octanol–water partition coefficient (Wildman–Crippen LogP) is -0.361. The molecular formula is C14H20N4O6. The lowest BCUT2D eigenvalue weighted by Crippen LogP contribution is -2.61. The Kier molecular flexibility index (Phi) is 5.85. The molecule has 1 aromatic rings. The van der Waals surface area contributed by atoms with E-state index in [0.717, 1.165) is 12.8 Å². The van der Waals surface area contributed by atoms with Crippen molar-refractivity contribution in [3.8, 4) is 0 Å². The summed E-state index contributed by atoms with van der Waals surface area (Å²) >= 11 is 0. The van der Waals surface area contributed by atoms with Gasteiger partial charge >= 0.3 is 0 Å². The average molecular weight is 340 g/mol. The van der Waals surface area contributed by atoms with Crippen molar-refractivity contribution in [3.05, 3.63) is 11.7 Å². The predicted molar refractivity (Wildman–Crippen MR) is 78.5 cm³/mol. The molecule has 0 aliphatic carbocycles. The molecule has 2 amide bonds. The van der Waals surface area contributed by atoms with Crippen LogP contribution >= 0.6 is 0 Å². The number of carbonyl (C=O) groups is 3. The van der Waals surface area contributed by atoms with Crippen molar-refractivity contribution in [1.82, 2.24) is 19.9 Å². The molecule has 2 saturated heterocycles. The van der Waals surface area contributed by atoms with Crippen LogP contribution in [0.2, 0.25) is 0 Å². The van der Waals surface area contributed by atoms with Gasteiger partial charge in [-0.3, -0.25) is 14.4 Å². The topological polar surface area (TPSA) is 126 Å². The largest absolute Gasteiger partial charge is 0.483 e. The summed E-state index contributed by atoms with van der Waals surface area (Å²) in [7, 11) is 1.54. The van der Waals surface area contributed by atoms with Gasteiger partial charge in [-0.25, -0.2) is 0 Å². The molecule has 2 atom stereocenters. The number of ether oxygens (including phenoxy) is 1. The zero-order valence-corrected chi connectivity index (χ0v) is 13.5. The van der Waals surface area contributed by atoms with Crippen LogP contribution < -0.4 is 0 Å². The van der Waals surface area contributed by atoms with E-state index in [-0.39, 0.29) is 37.5 Å². The van der Waals surface area contributed by atoms with Crippen molar-refractivity contribution in [2.75, 3.05) is 13.7 Å². The van der Waals surface area contributed by atoms with E-state index in [0.29, 0.717) is 18.3 Å². The van der Waals surface area contributed by atoms with Gasteiger partial charge in [-0.1, -0.05) is 5.16 Å². The Morgan fingerprint density at radius 3 is 2.79 bits per heavy atom. The maximum atomic E-state index is 12.5. The first-order chi connectivity index (χ1) is 11.5. The maximum absolute atomic E-state index is 12.5. The molecule has 0 unspecified atom stereocenters. The Hall–Kier alpha value is -2.49. The minimum Gasteiger partial charge on any atom is -0.483 e. The van der Waals surface area contributed by atoms with Gasteiger partial charge in [-0.15, -0.1) is 0 Å². The highest BCUT2D eigenvalue weighted by molar-refractivity contribution is 5.97. The number of methoxy groups -OCH3 is 1. The second kappa shape index (κ2) is 7.86. The highest BCUT2D eigenvalue weighted by Crippen LogP contribution is 2.27. The molecule has 2 aliphatic rings. The molecule has 3 rings (SSSR count). The number of hydrogen-bond donors (Lipinski definition) is 1. The molecule has 1 aromatic heterocycles. The Morgan fingerprint density at radius 1 is 1.42 bits per heavy atom. The van der Waals surface area contributed by atoms with Gasteiger partial charge in [0.15, 0.2) is 5.82 Å². The van der Waals surface area contributed by atoms with Crippen molar-refractivity contribution in [1.29, 1.82) is 0 Å². The Balaban J connectivity index is 0.000000647. The zero-order valence-electron chi connectivity index (χ0n) is 13.5. The molecule has 1 N–H and O–H groups in total.